The molecule has 0 spiro atoms. The van der Waals surface area contributed by atoms with E-state index < -0.39 is 29.6 Å². The number of thioether (sulfide) groups is 1. The fourth-order valence-electron chi connectivity index (χ4n) is 4.46. The van der Waals surface area contributed by atoms with Crippen molar-refractivity contribution >= 4 is 29.1 Å². The van der Waals surface area contributed by atoms with E-state index in [0.29, 0.717) is 53.5 Å². The van der Waals surface area contributed by atoms with Gasteiger partial charge in [-0.05, 0) is 66.1 Å². The van der Waals surface area contributed by atoms with E-state index >= 15 is 0 Å². The zero-order chi connectivity index (χ0) is 28.2. The predicted molar refractivity (Wildman–Crippen MR) is 145 cm³/mol. The Morgan fingerprint density at radius 1 is 1.15 bits per heavy atom. The second-order valence-electron chi connectivity index (χ2n) is 9.11. The average Bonchev–Trinajstić information content (AvgIpc) is 3.33. The summed E-state index contributed by atoms with van der Waals surface area (Å²) in [5.41, 5.74) is 2.37. The van der Waals surface area contributed by atoms with Gasteiger partial charge in [-0.15, -0.1) is 11.8 Å². The monoisotopic (exact) mass is 560 g/mol. The van der Waals surface area contributed by atoms with E-state index in [9.17, 15) is 22.4 Å². The topological polar surface area (TPSA) is 61.8 Å². The van der Waals surface area contributed by atoms with E-state index in [1.54, 1.807) is 23.1 Å². The molecule has 0 bridgehead atoms. The number of carboxylic acids is 1. The Balaban J connectivity index is 1.65. The quantitative estimate of drug-likeness (QED) is 0.144. The summed E-state index contributed by atoms with van der Waals surface area (Å²) in [6.45, 7) is 4.72. The first-order valence-corrected chi connectivity index (χ1v) is 13.3. The van der Waals surface area contributed by atoms with Gasteiger partial charge in [-0.1, -0.05) is 24.8 Å². The van der Waals surface area contributed by atoms with Crippen LogP contribution in [0, 0.1) is 5.82 Å². The SMILES string of the molecule is C=C(C(Nc1cc(OC)cc(SCCCC(=O)O)c1)c1ccc(F)cc1)N1CCc2ccc(C(F)(F)F)cc21. The van der Waals surface area contributed by atoms with Crippen molar-refractivity contribution in [3.05, 3.63) is 95.4 Å². The molecular weight excluding hydrogens is 532 g/mol. The maximum Gasteiger partial charge on any atom is 0.416 e. The van der Waals surface area contributed by atoms with E-state index in [1.165, 1.54) is 37.1 Å². The van der Waals surface area contributed by atoms with Crippen LogP contribution >= 0.6 is 11.8 Å². The number of alkyl halides is 3. The molecule has 0 amide bonds. The largest absolute Gasteiger partial charge is 0.497 e. The maximum atomic E-state index is 13.8. The van der Waals surface area contributed by atoms with Gasteiger partial charge in [0.1, 0.15) is 11.6 Å². The van der Waals surface area contributed by atoms with Gasteiger partial charge in [-0.3, -0.25) is 4.79 Å². The Kier molecular flexibility index (Phi) is 8.74. The van der Waals surface area contributed by atoms with Crippen LogP contribution in [0.4, 0.5) is 28.9 Å². The van der Waals surface area contributed by atoms with Crippen molar-refractivity contribution in [3.8, 4) is 5.75 Å². The number of carbonyl (C=O) groups is 1. The van der Waals surface area contributed by atoms with Crippen molar-refractivity contribution in [2.75, 3.05) is 29.6 Å². The number of nitrogens with one attached hydrogen (secondary N) is 1. The number of hydrogen-bond acceptors (Lipinski definition) is 5. The van der Waals surface area contributed by atoms with Crippen LogP contribution in [0.2, 0.25) is 0 Å². The molecule has 0 fully saturated rings. The number of carboxylic acid groups (broad SMARTS) is 1. The van der Waals surface area contributed by atoms with Crippen LogP contribution in [0.3, 0.4) is 0 Å². The Morgan fingerprint density at radius 3 is 2.56 bits per heavy atom. The summed E-state index contributed by atoms with van der Waals surface area (Å²) in [6, 6.07) is 14.5. The second kappa shape index (κ2) is 12.0. The number of aliphatic carboxylic acids is 1. The molecular formula is C29H28F4N2O3S. The van der Waals surface area contributed by atoms with Gasteiger partial charge >= 0.3 is 12.1 Å². The highest BCUT2D eigenvalue weighted by Gasteiger charge is 2.34. The van der Waals surface area contributed by atoms with E-state index in [2.05, 4.69) is 11.9 Å². The molecule has 10 heteroatoms. The average molecular weight is 561 g/mol. The zero-order valence-electron chi connectivity index (χ0n) is 21.2. The van der Waals surface area contributed by atoms with Gasteiger partial charge in [-0.25, -0.2) is 4.39 Å². The highest BCUT2D eigenvalue weighted by molar-refractivity contribution is 7.99. The van der Waals surface area contributed by atoms with Gasteiger partial charge in [-0.2, -0.15) is 13.2 Å². The molecule has 4 rings (SSSR count). The van der Waals surface area contributed by atoms with Crippen molar-refractivity contribution in [2.45, 2.75) is 36.4 Å². The highest BCUT2D eigenvalue weighted by atomic mass is 32.2. The lowest BCUT2D eigenvalue weighted by Gasteiger charge is -2.31. The van der Waals surface area contributed by atoms with Crippen LogP contribution in [-0.4, -0.2) is 30.5 Å². The van der Waals surface area contributed by atoms with Crippen molar-refractivity contribution in [2.24, 2.45) is 0 Å². The van der Waals surface area contributed by atoms with Gasteiger partial charge in [0, 0.05) is 41.0 Å². The number of hydrogen-bond donors (Lipinski definition) is 2. The molecule has 1 aliphatic heterocycles. The lowest BCUT2D eigenvalue weighted by Crippen LogP contribution is -2.28. The molecule has 39 heavy (non-hydrogen) atoms. The van der Waals surface area contributed by atoms with Crippen molar-refractivity contribution in [1.82, 2.24) is 0 Å². The number of rotatable bonds is 11. The Labute approximate surface area is 228 Å². The lowest BCUT2D eigenvalue weighted by atomic mass is 10.0. The first-order chi connectivity index (χ1) is 18.5. The Morgan fingerprint density at radius 2 is 1.90 bits per heavy atom. The fourth-order valence-corrected chi connectivity index (χ4v) is 5.39. The third-order valence-electron chi connectivity index (χ3n) is 6.42. The number of halogens is 4. The molecule has 1 unspecified atom stereocenters. The van der Waals surface area contributed by atoms with E-state index in [4.69, 9.17) is 9.84 Å². The minimum atomic E-state index is -4.47. The van der Waals surface area contributed by atoms with Gasteiger partial charge in [0.05, 0.1) is 18.7 Å². The standard InChI is InChI=1S/C29H28F4N2O3S/c1-18(35-12-11-19-5-8-21(14-26(19)35)29(31,32)33)28(20-6-9-22(30)10-7-20)34-23-15-24(38-2)17-25(16-23)39-13-3-4-27(36)37/h5-10,14-17,28,34H,1,3-4,11-13H2,2H3,(H,36,37). The molecule has 1 heterocycles. The third kappa shape index (κ3) is 7.06. The summed E-state index contributed by atoms with van der Waals surface area (Å²) in [5, 5.41) is 12.3. The molecule has 1 aliphatic rings. The zero-order valence-corrected chi connectivity index (χ0v) is 22.0. The number of benzene rings is 3. The molecule has 206 valence electrons. The van der Waals surface area contributed by atoms with Gasteiger partial charge in [0.2, 0.25) is 0 Å². The summed E-state index contributed by atoms with van der Waals surface area (Å²) in [5.74, 6) is -0.0921. The fraction of sp³-hybridized carbons (Fsp3) is 0.276. The van der Waals surface area contributed by atoms with Crippen molar-refractivity contribution in [1.29, 1.82) is 0 Å². The maximum absolute atomic E-state index is 13.8. The first-order valence-electron chi connectivity index (χ1n) is 12.3. The smallest absolute Gasteiger partial charge is 0.416 e. The van der Waals surface area contributed by atoms with E-state index in [-0.39, 0.29) is 6.42 Å². The molecule has 3 aromatic carbocycles. The number of nitrogens with zero attached hydrogens (tertiary/aromatic N) is 1. The van der Waals surface area contributed by atoms with Crippen LogP contribution < -0.4 is 15.0 Å². The molecule has 0 aliphatic carbocycles. The van der Waals surface area contributed by atoms with Crippen LogP contribution in [0.15, 0.2) is 77.8 Å². The number of ether oxygens (including phenoxy) is 1. The molecule has 1 atom stereocenters. The first kappa shape index (κ1) is 28.4. The Bertz CT molecular complexity index is 1350. The number of anilines is 2. The second-order valence-corrected chi connectivity index (χ2v) is 10.3. The molecule has 0 saturated carbocycles. The van der Waals surface area contributed by atoms with Crippen molar-refractivity contribution < 1.29 is 32.2 Å². The van der Waals surface area contributed by atoms with Crippen molar-refractivity contribution in [3.63, 3.8) is 0 Å². The minimum absolute atomic E-state index is 0.0713. The summed E-state index contributed by atoms with van der Waals surface area (Å²) >= 11 is 1.49. The number of fused-ring (bicyclic) bond motifs is 1. The third-order valence-corrected chi connectivity index (χ3v) is 7.48. The van der Waals surface area contributed by atoms with Gasteiger partial charge < -0.3 is 20.1 Å². The minimum Gasteiger partial charge on any atom is -0.497 e. The Hall–Kier alpha value is -3.66. The summed E-state index contributed by atoms with van der Waals surface area (Å²) in [7, 11) is 1.54. The van der Waals surface area contributed by atoms with Crippen LogP contribution in [0.5, 0.6) is 5.75 Å². The van der Waals surface area contributed by atoms with Crippen LogP contribution in [0.1, 0.15) is 35.6 Å². The van der Waals surface area contributed by atoms with E-state index in [0.717, 1.165) is 22.6 Å². The molecule has 3 aromatic rings. The lowest BCUT2D eigenvalue weighted by molar-refractivity contribution is -0.138. The van der Waals surface area contributed by atoms with Gasteiger partial charge in [0.25, 0.3) is 0 Å². The molecule has 0 aromatic heterocycles. The summed E-state index contributed by atoms with van der Waals surface area (Å²) in [6.07, 6.45) is -3.33. The van der Waals surface area contributed by atoms with Gasteiger partial charge in [0.15, 0.2) is 0 Å². The molecule has 5 nitrogen and oxygen atoms in total. The molecule has 0 saturated heterocycles. The summed E-state index contributed by atoms with van der Waals surface area (Å²) < 4.78 is 59.6. The predicted octanol–water partition coefficient (Wildman–Crippen LogP) is 7.54. The van der Waals surface area contributed by atoms with E-state index in [1.807, 2.05) is 12.1 Å². The highest BCUT2D eigenvalue weighted by Crippen LogP contribution is 2.41. The number of methoxy groups -OCH3 is 1. The van der Waals surface area contributed by atoms with Crippen LogP contribution in [0.25, 0.3) is 0 Å². The van der Waals surface area contributed by atoms with Crippen LogP contribution in [-0.2, 0) is 17.4 Å². The summed E-state index contributed by atoms with van der Waals surface area (Å²) in [4.78, 5) is 13.5. The molecule has 2 N–H and O–H groups in total. The normalized spacial score (nSPS) is 13.6. The molecule has 0 radical (unpaired) electrons.